The predicted octanol–water partition coefficient (Wildman–Crippen LogP) is 3.62. The molecular weight excluding hydrogens is 471 g/mol. The van der Waals surface area contributed by atoms with Crippen molar-refractivity contribution in [3.8, 4) is 11.5 Å². The molecule has 7 heteroatoms. The van der Waals surface area contributed by atoms with Crippen LogP contribution in [0.4, 0.5) is 0 Å². The zero-order valence-corrected chi connectivity index (χ0v) is 18.1. The maximum Gasteiger partial charge on any atom is 0.254 e. The number of imide groups is 1. The van der Waals surface area contributed by atoms with E-state index in [4.69, 9.17) is 9.47 Å². The van der Waals surface area contributed by atoms with Crippen molar-refractivity contribution in [1.82, 2.24) is 5.01 Å². The number of fused-ring (bicyclic) bond motifs is 1. The standard InChI is InChI=1S/C21H23IN2O4/c1-3-27-16-10-12(9-15(22)19(16)28-4-2)11-23-24-20(25)17-13-5-6-14(8-7-13)18(17)21(24)26/h5-6,9-11,13-14,17-18H,3-4,7-8H2,1-2H3/b23-11-/t13-,14-,17-,18-/m0/s1. The summed E-state index contributed by atoms with van der Waals surface area (Å²) in [6.45, 7) is 4.89. The minimum atomic E-state index is -0.243. The highest BCUT2D eigenvalue weighted by molar-refractivity contribution is 14.1. The van der Waals surface area contributed by atoms with Crippen LogP contribution in [-0.4, -0.2) is 36.3 Å². The van der Waals surface area contributed by atoms with Crippen molar-refractivity contribution in [2.75, 3.05) is 13.2 Å². The Hall–Kier alpha value is -1.90. The molecule has 28 heavy (non-hydrogen) atoms. The predicted molar refractivity (Wildman–Crippen MR) is 113 cm³/mol. The molecule has 0 N–H and O–H groups in total. The Kier molecular flexibility index (Phi) is 5.44. The molecule has 1 aliphatic heterocycles. The van der Waals surface area contributed by atoms with Gasteiger partial charge in [-0.15, -0.1) is 0 Å². The normalized spacial score (nSPS) is 28.3. The summed E-state index contributed by atoms with van der Waals surface area (Å²) in [7, 11) is 0. The lowest BCUT2D eigenvalue weighted by Crippen LogP contribution is -2.38. The van der Waals surface area contributed by atoms with E-state index in [-0.39, 0.29) is 35.5 Å². The molecule has 1 saturated heterocycles. The quantitative estimate of drug-likeness (QED) is 0.262. The average molecular weight is 494 g/mol. The molecular formula is C21H23IN2O4. The van der Waals surface area contributed by atoms with Gasteiger partial charge in [0, 0.05) is 0 Å². The van der Waals surface area contributed by atoms with Crippen LogP contribution in [0.5, 0.6) is 11.5 Å². The number of carbonyl (C=O) groups is 2. The smallest absolute Gasteiger partial charge is 0.254 e. The summed E-state index contributed by atoms with van der Waals surface area (Å²) in [6, 6.07) is 3.73. The number of hydrazone groups is 1. The van der Waals surface area contributed by atoms with Gasteiger partial charge in [0.15, 0.2) is 11.5 Å². The van der Waals surface area contributed by atoms with Gasteiger partial charge in [0.1, 0.15) is 0 Å². The SMILES string of the molecule is CCOc1cc(/C=N\N2C(=O)[C@@H]3[C@@H](C2=O)[C@H]2C=C[C@H]3CC2)cc(I)c1OCC. The first-order valence-corrected chi connectivity index (χ1v) is 10.8. The highest BCUT2D eigenvalue weighted by Crippen LogP contribution is 2.49. The Morgan fingerprint density at radius 2 is 1.68 bits per heavy atom. The second kappa shape index (κ2) is 7.85. The number of allylic oxidation sites excluding steroid dienone is 2. The van der Waals surface area contributed by atoms with Crippen LogP contribution >= 0.6 is 22.6 Å². The van der Waals surface area contributed by atoms with E-state index < -0.39 is 0 Å². The topological polar surface area (TPSA) is 68.2 Å². The van der Waals surface area contributed by atoms with Crippen molar-refractivity contribution in [3.05, 3.63) is 33.4 Å². The van der Waals surface area contributed by atoms with E-state index in [2.05, 4.69) is 39.8 Å². The molecule has 148 valence electrons. The summed E-state index contributed by atoms with van der Waals surface area (Å²) in [5, 5.41) is 5.36. The second-order valence-electron chi connectivity index (χ2n) is 7.27. The molecule has 0 radical (unpaired) electrons. The molecule has 0 spiro atoms. The molecule has 1 aromatic rings. The number of amides is 2. The minimum Gasteiger partial charge on any atom is -0.490 e. The molecule has 0 aromatic heterocycles. The van der Waals surface area contributed by atoms with Crippen LogP contribution in [0.1, 0.15) is 32.3 Å². The van der Waals surface area contributed by atoms with Crippen LogP contribution in [0.15, 0.2) is 29.4 Å². The molecule has 4 aliphatic rings. The third-order valence-corrected chi connectivity index (χ3v) is 6.48. The van der Waals surface area contributed by atoms with Gasteiger partial charge in [0.2, 0.25) is 0 Å². The van der Waals surface area contributed by atoms with Gasteiger partial charge in [-0.1, -0.05) is 12.2 Å². The van der Waals surface area contributed by atoms with Crippen molar-refractivity contribution in [3.63, 3.8) is 0 Å². The van der Waals surface area contributed by atoms with Crippen LogP contribution in [0.3, 0.4) is 0 Å². The van der Waals surface area contributed by atoms with Gasteiger partial charge in [0.05, 0.1) is 34.8 Å². The van der Waals surface area contributed by atoms with E-state index in [1.165, 1.54) is 0 Å². The lowest BCUT2D eigenvalue weighted by Gasteiger charge is -2.37. The Balaban J connectivity index is 1.59. The number of halogens is 1. The number of nitrogens with zero attached hydrogens (tertiary/aromatic N) is 2. The highest BCUT2D eigenvalue weighted by Gasteiger charge is 2.56. The molecule has 1 heterocycles. The number of rotatable bonds is 6. The Morgan fingerprint density at radius 3 is 2.21 bits per heavy atom. The van der Waals surface area contributed by atoms with E-state index in [0.717, 1.165) is 27.0 Å². The molecule has 6 nitrogen and oxygen atoms in total. The summed E-state index contributed by atoms with van der Waals surface area (Å²) >= 11 is 2.19. The van der Waals surface area contributed by atoms with Crippen molar-refractivity contribution < 1.29 is 19.1 Å². The van der Waals surface area contributed by atoms with E-state index in [1.807, 2.05) is 26.0 Å². The van der Waals surface area contributed by atoms with Gasteiger partial charge in [-0.05, 0) is 78.8 Å². The van der Waals surface area contributed by atoms with E-state index in [9.17, 15) is 9.59 Å². The Labute approximate surface area is 178 Å². The first-order chi connectivity index (χ1) is 13.5. The van der Waals surface area contributed by atoms with Crippen molar-refractivity contribution in [2.45, 2.75) is 26.7 Å². The molecule has 5 rings (SSSR count). The third-order valence-electron chi connectivity index (χ3n) is 5.68. The van der Waals surface area contributed by atoms with Gasteiger partial charge in [-0.3, -0.25) is 9.59 Å². The number of ether oxygens (including phenoxy) is 2. The maximum atomic E-state index is 12.8. The fourth-order valence-corrected chi connectivity index (χ4v) is 5.29. The van der Waals surface area contributed by atoms with E-state index >= 15 is 0 Å². The van der Waals surface area contributed by atoms with Crippen LogP contribution in [0.2, 0.25) is 0 Å². The molecule has 0 unspecified atom stereocenters. The number of benzene rings is 1. The fourth-order valence-electron chi connectivity index (χ4n) is 4.51. The summed E-state index contributed by atoms with van der Waals surface area (Å²) in [4.78, 5) is 25.7. The van der Waals surface area contributed by atoms with Crippen LogP contribution in [0, 0.1) is 27.2 Å². The zero-order valence-electron chi connectivity index (χ0n) is 15.9. The van der Waals surface area contributed by atoms with Crippen molar-refractivity contribution in [2.24, 2.45) is 28.8 Å². The first kappa shape index (κ1) is 19.4. The van der Waals surface area contributed by atoms with Gasteiger partial charge >= 0.3 is 0 Å². The van der Waals surface area contributed by atoms with Gasteiger partial charge in [-0.2, -0.15) is 10.1 Å². The van der Waals surface area contributed by atoms with Gasteiger partial charge in [0.25, 0.3) is 11.8 Å². The largest absolute Gasteiger partial charge is 0.490 e. The number of hydrogen-bond acceptors (Lipinski definition) is 5. The second-order valence-corrected chi connectivity index (χ2v) is 8.43. The van der Waals surface area contributed by atoms with E-state index in [1.54, 1.807) is 6.21 Å². The lowest BCUT2D eigenvalue weighted by molar-refractivity contribution is -0.140. The fraction of sp³-hybridized carbons (Fsp3) is 0.476. The first-order valence-electron chi connectivity index (χ1n) is 9.74. The average Bonchev–Trinajstić information content (AvgIpc) is 2.96. The van der Waals surface area contributed by atoms with Crippen LogP contribution in [-0.2, 0) is 9.59 Å². The minimum absolute atomic E-state index is 0.169. The molecule has 1 saturated carbocycles. The lowest BCUT2D eigenvalue weighted by atomic mass is 9.63. The van der Waals surface area contributed by atoms with Crippen LogP contribution < -0.4 is 9.47 Å². The summed E-state index contributed by atoms with van der Waals surface area (Å²) in [5.41, 5.74) is 0.757. The van der Waals surface area contributed by atoms with Gasteiger partial charge in [-0.25, -0.2) is 0 Å². The molecule has 2 bridgehead atoms. The van der Waals surface area contributed by atoms with Gasteiger partial charge < -0.3 is 9.47 Å². The van der Waals surface area contributed by atoms with Crippen LogP contribution in [0.25, 0.3) is 0 Å². The zero-order chi connectivity index (χ0) is 19.8. The van der Waals surface area contributed by atoms with Crippen molar-refractivity contribution >= 4 is 40.6 Å². The molecule has 1 aromatic carbocycles. The molecule has 2 fully saturated rings. The van der Waals surface area contributed by atoms with E-state index in [0.29, 0.717) is 24.7 Å². The summed E-state index contributed by atoms with van der Waals surface area (Å²) < 4.78 is 12.3. The third kappa shape index (κ3) is 3.23. The Bertz CT molecular complexity index is 834. The highest BCUT2D eigenvalue weighted by atomic mass is 127. The summed E-state index contributed by atoms with van der Waals surface area (Å²) in [6.07, 6.45) is 7.73. The monoisotopic (exact) mass is 494 g/mol. The van der Waals surface area contributed by atoms with Crippen molar-refractivity contribution in [1.29, 1.82) is 0 Å². The maximum absolute atomic E-state index is 12.8. The molecule has 4 atom stereocenters. The summed E-state index contributed by atoms with van der Waals surface area (Å²) in [5.74, 6) is 0.842. The number of hydrogen-bond donors (Lipinski definition) is 0. The molecule has 3 aliphatic carbocycles. The Morgan fingerprint density at radius 1 is 1.07 bits per heavy atom. The number of carbonyl (C=O) groups excluding carboxylic acids is 2. The molecule has 2 amide bonds.